The maximum atomic E-state index is 13.2. The van der Waals surface area contributed by atoms with Gasteiger partial charge in [0.15, 0.2) is 0 Å². The van der Waals surface area contributed by atoms with Gasteiger partial charge in [0, 0.05) is 32.2 Å². The third-order valence-electron chi connectivity index (χ3n) is 5.40. The number of likely N-dealkylation sites (tertiary alicyclic amines) is 1. The number of aliphatic hydroxyl groups is 1. The van der Waals surface area contributed by atoms with E-state index < -0.39 is 11.5 Å². The van der Waals surface area contributed by atoms with Crippen molar-refractivity contribution < 1.29 is 24.2 Å². The summed E-state index contributed by atoms with van der Waals surface area (Å²) in [5.41, 5.74) is 4.98. The first-order valence-corrected chi connectivity index (χ1v) is 9.28. The number of methoxy groups -OCH3 is 1. The number of nitrogens with zero attached hydrogens (tertiary/aromatic N) is 1. The molecule has 2 atom stereocenters. The molecule has 4 N–H and O–H groups in total. The fourth-order valence-corrected chi connectivity index (χ4v) is 3.88. The average Bonchev–Trinajstić information content (AvgIpc) is 2.69. The highest BCUT2D eigenvalue weighted by atomic mass is 16.5. The first-order chi connectivity index (χ1) is 13.0. The predicted molar refractivity (Wildman–Crippen MR) is 98.7 cm³/mol. The van der Waals surface area contributed by atoms with E-state index in [2.05, 4.69) is 5.32 Å². The molecule has 148 valence electrons. The number of ether oxygens (including phenoxy) is 2. The molecule has 1 aromatic rings. The van der Waals surface area contributed by atoms with Crippen LogP contribution in [0, 0.1) is 5.41 Å². The van der Waals surface area contributed by atoms with Crippen molar-refractivity contribution in [3.63, 3.8) is 0 Å². The van der Waals surface area contributed by atoms with Crippen LogP contribution in [0.2, 0.25) is 0 Å². The molecule has 0 aromatic heterocycles. The molecular weight excluding hydrogens is 350 g/mol. The number of carbonyl (C=O) groups excluding carboxylic acids is 2. The SMILES string of the molecule is COc1ccc(C(=O)N2CC[C@@H](O)[C@@]3(CCCNC3=O)C2)c(OCCN)c1. The summed E-state index contributed by atoms with van der Waals surface area (Å²) in [7, 11) is 1.54. The van der Waals surface area contributed by atoms with Crippen LogP contribution in [-0.4, -0.2) is 67.8 Å². The average molecular weight is 377 g/mol. The molecule has 3 rings (SSSR count). The number of aliphatic hydroxyl groups excluding tert-OH is 1. The van der Waals surface area contributed by atoms with Crippen LogP contribution in [0.3, 0.4) is 0 Å². The van der Waals surface area contributed by atoms with Gasteiger partial charge in [-0.2, -0.15) is 0 Å². The summed E-state index contributed by atoms with van der Waals surface area (Å²) in [5.74, 6) is 0.580. The van der Waals surface area contributed by atoms with Gasteiger partial charge < -0.3 is 30.5 Å². The molecule has 0 radical (unpaired) electrons. The molecule has 8 heteroatoms. The van der Waals surface area contributed by atoms with Gasteiger partial charge >= 0.3 is 0 Å². The number of piperidine rings is 2. The number of nitrogens with two attached hydrogens (primary N) is 1. The van der Waals surface area contributed by atoms with Crippen LogP contribution in [-0.2, 0) is 4.79 Å². The van der Waals surface area contributed by atoms with Crippen LogP contribution in [0.1, 0.15) is 29.6 Å². The number of carbonyl (C=O) groups is 2. The molecule has 2 fully saturated rings. The van der Waals surface area contributed by atoms with E-state index >= 15 is 0 Å². The lowest BCUT2D eigenvalue weighted by Gasteiger charge is -2.46. The van der Waals surface area contributed by atoms with Crippen molar-refractivity contribution in [3.8, 4) is 11.5 Å². The van der Waals surface area contributed by atoms with Gasteiger partial charge in [-0.25, -0.2) is 0 Å². The standard InChI is InChI=1S/C19H27N3O5/c1-26-13-3-4-14(15(11-13)27-10-7-20)17(24)22-9-5-16(23)19(12-22)6-2-8-21-18(19)25/h3-4,11,16,23H,2,5-10,12,20H2,1H3,(H,21,25)/t16-,19-/m1/s1. The summed E-state index contributed by atoms with van der Waals surface area (Å²) in [6.07, 6.45) is 0.987. The van der Waals surface area contributed by atoms with E-state index in [1.54, 1.807) is 30.2 Å². The fraction of sp³-hybridized carbons (Fsp3) is 0.579. The molecule has 27 heavy (non-hydrogen) atoms. The molecule has 1 aromatic carbocycles. The highest BCUT2D eigenvalue weighted by Crippen LogP contribution is 2.38. The number of benzene rings is 1. The number of hydrogen-bond acceptors (Lipinski definition) is 6. The van der Waals surface area contributed by atoms with E-state index in [1.165, 1.54) is 0 Å². The van der Waals surface area contributed by atoms with E-state index in [0.29, 0.717) is 49.5 Å². The van der Waals surface area contributed by atoms with Gasteiger partial charge in [0.05, 0.1) is 24.2 Å². The molecule has 0 aliphatic carbocycles. The summed E-state index contributed by atoms with van der Waals surface area (Å²) in [5, 5.41) is 13.3. The van der Waals surface area contributed by atoms with E-state index in [4.69, 9.17) is 15.2 Å². The summed E-state index contributed by atoms with van der Waals surface area (Å²) in [6, 6.07) is 5.01. The van der Waals surface area contributed by atoms with Crippen LogP contribution >= 0.6 is 0 Å². The zero-order valence-corrected chi connectivity index (χ0v) is 15.6. The van der Waals surface area contributed by atoms with Crippen LogP contribution in [0.25, 0.3) is 0 Å². The van der Waals surface area contributed by atoms with E-state index in [0.717, 1.165) is 6.42 Å². The summed E-state index contributed by atoms with van der Waals surface area (Å²) in [4.78, 5) is 27.3. The Morgan fingerprint density at radius 1 is 1.48 bits per heavy atom. The molecular formula is C19H27N3O5. The lowest BCUT2D eigenvalue weighted by molar-refractivity contribution is -0.147. The number of hydrogen-bond donors (Lipinski definition) is 3. The van der Waals surface area contributed by atoms with E-state index in [9.17, 15) is 14.7 Å². The van der Waals surface area contributed by atoms with Gasteiger partial charge in [-0.1, -0.05) is 0 Å². The minimum Gasteiger partial charge on any atom is -0.497 e. The first kappa shape index (κ1) is 19.4. The lowest BCUT2D eigenvalue weighted by Crippen LogP contribution is -2.62. The number of amides is 2. The molecule has 2 saturated heterocycles. The molecule has 0 unspecified atom stereocenters. The van der Waals surface area contributed by atoms with Crippen molar-refractivity contribution in [2.75, 3.05) is 39.9 Å². The third kappa shape index (κ3) is 3.72. The zero-order valence-electron chi connectivity index (χ0n) is 15.6. The molecule has 2 aliphatic rings. The van der Waals surface area contributed by atoms with Gasteiger partial charge in [0.1, 0.15) is 18.1 Å². The minimum absolute atomic E-state index is 0.173. The second kappa shape index (κ2) is 8.14. The lowest BCUT2D eigenvalue weighted by atomic mass is 9.71. The fourth-order valence-electron chi connectivity index (χ4n) is 3.88. The van der Waals surface area contributed by atoms with Gasteiger partial charge in [-0.15, -0.1) is 0 Å². The van der Waals surface area contributed by atoms with Crippen molar-refractivity contribution in [1.29, 1.82) is 0 Å². The van der Waals surface area contributed by atoms with Gasteiger partial charge in [0.2, 0.25) is 5.91 Å². The van der Waals surface area contributed by atoms with E-state index in [-0.39, 0.29) is 25.0 Å². The molecule has 2 heterocycles. The zero-order chi connectivity index (χ0) is 19.4. The molecule has 2 amide bonds. The van der Waals surface area contributed by atoms with Gasteiger partial charge in [0.25, 0.3) is 5.91 Å². The largest absolute Gasteiger partial charge is 0.497 e. The molecule has 0 saturated carbocycles. The van der Waals surface area contributed by atoms with Gasteiger partial charge in [-0.3, -0.25) is 9.59 Å². The topological polar surface area (TPSA) is 114 Å². The van der Waals surface area contributed by atoms with Crippen LogP contribution in [0.5, 0.6) is 11.5 Å². The second-order valence-electron chi connectivity index (χ2n) is 7.05. The Bertz CT molecular complexity index is 711. The van der Waals surface area contributed by atoms with Crippen LogP contribution in [0.15, 0.2) is 18.2 Å². The molecule has 1 spiro atoms. The summed E-state index contributed by atoms with van der Waals surface area (Å²) in [6.45, 7) is 1.79. The van der Waals surface area contributed by atoms with E-state index in [1.807, 2.05) is 0 Å². The normalized spacial score (nSPS) is 25.2. The van der Waals surface area contributed by atoms with Crippen LogP contribution in [0.4, 0.5) is 0 Å². The minimum atomic E-state index is -0.934. The second-order valence-corrected chi connectivity index (χ2v) is 7.05. The first-order valence-electron chi connectivity index (χ1n) is 9.28. The van der Waals surface area contributed by atoms with Crippen molar-refractivity contribution >= 4 is 11.8 Å². The number of nitrogens with one attached hydrogen (secondary N) is 1. The maximum absolute atomic E-state index is 13.2. The van der Waals surface area contributed by atoms with Crippen molar-refractivity contribution in [2.24, 2.45) is 11.1 Å². The molecule has 2 aliphatic heterocycles. The Hall–Kier alpha value is -2.32. The Morgan fingerprint density at radius 2 is 2.30 bits per heavy atom. The highest BCUT2D eigenvalue weighted by molar-refractivity contribution is 5.98. The van der Waals surface area contributed by atoms with Crippen molar-refractivity contribution in [3.05, 3.63) is 23.8 Å². The smallest absolute Gasteiger partial charge is 0.257 e. The Kier molecular flexibility index (Phi) is 5.86. The Labute approximate surface area is 158 Å². The van der Waals surface area contributed by atoms with Crippen molar-refractivity contribution in [1.82, 2.24) is 10.2 Å². The Morgan fingerprint density at radius 3 is 3.00 bits per heavy atom. The molecule has 0 bridgehead atoms. The summed E-state index contributed by atoms with van der Waals surface area (Å²) >= 11 is 0. The monoisotopic (exact) mass is 377 g/mol. The third-order valence-corrected chi connectivity index (χ3v) is 5.40. The molecule has 8 nitrogen and oxygen atoms in total. The maximum Gasteiger partial charge on any atom is 0.257 e. The Balaban J connectivity index is 1.86. The van der Waals surface area contributed by atoms with Crippen LogP contribution < -0.4 is 20.5 Å². The number of rotatable bonds is 5. The van der Waals surface area contributed by atoms with Crippen molar-refractivity contribution in [2.45, 2.75) is 25.4 Å². The predicted octanol–water partition coefficient (Wildman–Crippen LogP) is 0.136. The summed E-state index contributed by atoms with van der Waals surface area (Å²) < 4.78 is 10.8. The van der Waals surface area contributed by atoms with Gasteiger partial charge in [-0.05, 0) is 31.4 Å². The quantitative estimate of drug-likeness (QED) is 0.672. The highest BCUT2D eigenvalue weighted by Gasteiger charge is 2.50.